The van der Waals surface area contributed by atoms with E-state index in [0.717, 1.165) is 12.1 Å². The minimum atomic E-state index is -4.49. The van der Waals surface area contributed by atoms with E-state index in [9.17, 15) is 22.8 Å². The van der Waals surface area contributed by atoms with Gasteiger partial charge in [0.25, 0.3) is 5.91 Å². The Hall–Kier alpha value is -3.03. The summed E-state index contributed by atoms with van der Waals surface area (Å²) in [5.41, 5.74) is -0.596. The van der Waals surface area contributed by atoms with Gasteiger partial charge in [-0.25, -0.2) is 4.79 Å². The predicted molar refractivity (Wildman–Crippen MR) is 87.9 cm³/mol. The summed E-state index contributed by atoms with van der Waals surface area (Å²) in [6.45, 7) is 1.51. The van der Waals surface area contributed by atoms with Crippen LogP contribution in [-0.4, -0.2) is 25.1 Å². The fourth-order valence-corrected chi connectivity index (χ4v) is 2.08. The van der Waals surface area contributed by atoms with E-state index in [4.69, 9.17) is 4.74 Å². The molecule has 0 aromatic heterocycles. The molecule has 1 amide bonds. The fourth-order valence-electron chi connectivity index (χ4n) is 2.08. The van der Waals surface area contributed by atoms with Crippen LogP contribution in [-0.2, 0) is 15.7 Å². The van der Waals surface area contributed by atoms with Crippen LogP contribution in [0, 0.1) is 0 Å². The van der Waals surface area contributed by atoms with Crippen molar-refractivity contribution in [2.24, 2.45) is 0 Å². The highest BCUT2D eigenvalue weighted by Crippen LogP contribution is 2.30. The minimum absolute atomic E-state index is 0.0319. The van der Waals surface area contributed by atoms with E-state index < -0.39 is 29.7 Å². The number of carbonyl (C=O) groups excluding carboxylic acids is 2. The number of alkyl halides is 3. The minimum Gasteiger partial charge on any atom is -0.479 e. The van der Waals surface area contributed by atoms with E-state index >= 15 is 0 Å². The van der Waals surface area contributed by atoms with Crippen LogP contribution < -0.4 is 10.1 Å². The summed E-state index contributed by atoms with van der Waals surface area (Å²) in [6.07, 6.45) is -5.31. The van der Waals surface area contributed by atoms with Crippen molar-refractivity contribution < 1.29 is 32.2 Å². The lowest BCUT2D eigenvalue weighted by atomic mass is 10.1. The number of carbonyl (C=O) groups is 2. The van der Waals surface area contributed by atoms with Gasteiger partial charge in [0.15, 0.2) is 6.10 Å². The van der Waals surface area contributed by atoms with Crippen LogP contribution in [0.3, 0.4) is 0 Å². The van der Waals surface area contributed by atoms with Gasteiger partial charge in [0.1, 0.15) is 5.75 Å². The second-order valence-electron chi connectivity index (χ2n) is 5.34. The third-order valence-electron chi connectivity index (χ3n) is 3.41. The Morgan fingerprint density at radius 2 is 1.73 bits per heavy atom. The van der Waals surface area contributed by atoms with Gasteiger partial charge in [-0.15, -0.1) is 0 Å². The van der Waals surface area contributed by atoms with Crippen LogP contribution in [0.25, 0.3) is 0 Å². The zero-order chi connectivity index (χ0) is 19.3. The molecular weight excluding hydrogens is 351 g/mol. The Balaban J connectivity index is 2.05. The smallest absolute Gasteiger partial charge is 0.416 e. The van der Waals surface area contributed by atoms with Crippen LogP contribution in [0.4, 0.5) is 18.9 Å². The molecule has 2 aromatic rings. The van der Waals surface area contributed by atoms with Crippen molar-refractivity contribution in [3.63, 3.8) is 0 Å². The summed E-state index contributed by atoms with van der Waals surface area (Å²) >= 11 is 0. The number of halogens is 3. The Kier molecular flexibility index (Phi) is 5.86. The molecule has 0 heterocycles. The molecule has 0 fully saturated rings. The molecule has 2 rings (SSSR count). The first-order valence-corrected chi connectivity index (χ1v) is 7.54. The highest BCUT2D eigenvalue weighted by atomic mass is 19.4. The quantitative estimate of drug-likeness (QED) is 0.814. The normalized spacial score (nSPS) is 12.2. The second-order valence-corrected chi connectivity index (χ2v) is 5.34. The van der Waals surface area contributed by atoms with Crippen molar-refractivity contribution in [2.75, 3.05) is 12.4 Å². The maximum absolute atomic E-state index is 12.7. The topological polar surface area (TPSA) is 64.6 Å². The summed E-state index contributed by atoms with van der Waals surface area (Å²) in [5.74, 6) is -0.772. The lowest BCUT2D eigenvalue weighted by Gasteiger charge is -2.13. The number of hydrogen-bond donors (Lipinski definition) is 1. The standard InChI is InChI=1S/C18H16F3NO4/c1-11(17(24)25-2)26-15-8-6-12(7-9-15)16(23)22-14-5-3-4-13(10-14)18(19,20)21/h3-11H,1-2H3,(H,22,23)/t11-/m1/s1. The van der Waals surface area contributed by atoms with E-state index in [1.165, 1.54) is 50.4 Å². The van der Waals surface area contributed by atoms with E-state index in [0.29, 0.717) is 5.75 Å². The Labute approximate surface area is 147 Å². The van der Waals surface area contributed by atoms with Crippen molar-refractivity contribution in [2.45, 2.75) is 19.2 Å². The molecule has 0 aliphatic carbocycles. The zero-order valence-corrected chi connectivity index (χ0v) is 14.0. The van der Waals surface area contributed by atoms with Gasteiger partial charge >= 0.3 is 12.1 Å². The van der Waals surface area contributed by atoms with E-state index in [1.807, 2.05) is 0 Å². The largest absolute Gasteiger partial charge is 0.479 e. The maximum atomic E-state index is 12.7. The summed E-state index contributed by atoms with van der Waals surface area (Å²) in [5, 5.41) is 2.40. The number of esters is 1. The SMILES string of the molecule is COC(=O)[C@@H](C)Oc1ccc(C(=O)Nc2cccc(C(F)(F)F)c2)cc1. The number of rotatable bonds is 5. The molecule has 2 aromatic carbocycles. The van der Waals surface area contributed by atoms with Gasteiger partial charge < -0.3 is 14.8 Å². The highest BCUT2D eigenvalue weighted by molar-refractivity contribution is 6.04. The molecule has 0 radical (unpaired) electrons. The van der Waals surface area contributed by atoms with Crippen molar-refractivity contribution in [1.29, 1.82) is 0 Å². The van der Waals surface area contributed by atoms with Gasteiger partial charge in [-0.05, 0) is 49.4 Å². The second kappa shape index (κ2) is 7.90. The summed E-state index contributed by atoms with van der Waals surface area (Å²) in [7, 11) is 1.24. The molecule has 0 saturated heterocycles. The van der Waals surface area contributed by atoms with Gasteiger partial charge in [-0.1, -0.05) is 6.07 Å². The third kappa shape index (κ3) is 4.98. The van der Waals surface area contributed by atoms with Crippen LogP contribution in [0.5, 0.6) is 5.75 Å². The number of amides is 1. The van der Waals surface area contributed by atoms with Crippen molar-refractivity contribution in [1.82, 2.24) is 0 Å². The molecule has 1 atom stereocenters. The average Bonchev–Trinajstić information content (AvgIpc) is 2.61. The molecule has 0 bridgehead atoms. The monoisotopic (exact) mass is 367 g/mol. The van der Waals surface area contributed by atoms with Crippen LogP contribution >= 0.6 is 0 Å². The molecule has 138 valence electrons. The fraction of sp³-hybridized carbons (Fsp3) is 0.222. The number of hydrogen-bond acceptors (Lipinski definition) is 4. The number of methoxy groups -OCH3 is 1. The van der Waals surface area contributed by atoms with Gasteiger partial charge in [0.05, 0.1) is 12.7 Å². The average molecular weight is 367 g/mol. The first kappa shape index (κ1) is 19.3. The zero-order valence-electron chi connectivity index (χ0n) is 14.0. The van der Waals surface area contributed by atoms with E-state index in [2.05, 4.69) is 10.1 Å². The molecule has 0 unspecified atom stereocenters. The van der Waals surface area contributed by atoms with E-state index in [1.54, 1.807) is 0 Å². The molecule has 0 aliphatic heterocycles. The molecular formula is C18H16F3NO4. The molecule has 1 N–H and O–H groups in total. The van der Waals surface area contributed by atoms with Gasteiger partial charge in [-0.2, -0.15) is 13.2 Å². The lowest BCUT2D eigenvalue weighted by Crippen LogP contribution is -2.24. The molecule has 8 heteroatoms. The van der Waals surface area contributed by atoms with Crippen LogP contribution in [0.15, 0.2) is 48.5 Å². The molecule has 0 aliphatic rings. The molecule has 5 nitrogen and oxygen atoms in total. The van der Waals surface area contributed by atoms with Gasteiger partial charge in [-0.3, -0.25) is 4.79 Å². The first-order valence-electron chi connectivity index (χ1n) is 7.54. The van der Waals surface area contributed by atoms with Crippen molar-refractivity contribution >= 4 is 17.6 Å². The number of ether oxygens (including phenoxy) is 2. The lowest BCUT2D eigenvalue weighted by molar-refractivity contribution is -0.148. The van der Waals surface area contributed by atoms with Crippen molar-refractivity contribution in [3.8, 4) is 5.75 Å². The summed E-state index contributed by atoms with van der Waals surface area (Å²) in [4.78, 5) is 23.5. The Morgan fingerprint density at radius 3 is 2.31 bits per heavy atom. The van der Waals surface area contributed by atoms with Crippen molar-refractivity contribution in [3.05, 3.63) is 59.7 Å². The number of nitrogens with one attached hydrogen (secondary N) is 1. The number of benzene rings is 2. The Bertz CT molecular complexity index is 788. The van der Waals surface area contributed by atoms with Gasteiger partial charge in [0.2, 0.25) is 0 Å². The molecule has 0 spiro atoms. The number of anilines is 1. The molecule has 0 saturated carbocycles. The molecule has 26 heavy (non-hydrogen) atoms. The first-order chi connectivity index (χ1) is 12.2. The predicted octanol–water partition coefficient (Wildman–Crippen LogP) is 3.90. The van der Waals surface area contributed by atoms with E-state index in [-0.39, 0.29) is 11.3 Å². The summed E-state index contributed by atoms with van der Waals surface area (Å²) in [6, 6.07) is 10.2. The van der Waals surface area contributed by atoms with Gasteiger partial charge in [0, 0.05) is 11.3 Å². The van der Waals surface area contributed by atoms with Crippen LogP contribution in [0.1, 0.15) is 22.8 Å². The summed E-state index contributed by atoms with van der Waals surface area (Å²) < 4.78 is 48.0. The highest BCUT2D eigenvalue weighted by Gasteiger charge is 2.30. The van der Waals surface area contributed by atoms with Crippen LogP contribution in [0.2, 0.25) is 0 Å². The maximum Gasteiger partial charge on any atom is 0.416 e. The third-order valence-corrected chi connectivity index (χ3v) is 3.41. The Morgan fingerprint density at radius 1 is 1.08 bits per heavy atom.